The van der Waals surface area contributed by atoms with E-state index in [0.717, 1.165) is 17.5 Å². The molecule has 1 saturated heterocycles. The van der Waals surface area contributed by atoms with Crippen LogP contribution in [0.1, 0.15) is 11.5 Å². The van der Waals surface area contributed by atoms with Crippen molar-refractivity contribution in [2.45, 2.75) is 6.92 Å². The second-order valence-electron chi connectivity index (χ2n) is 3.77. The molecule has 1 aromatic rings. The molecule has 0 aromatic carbocycles. The van der Waals surface area contributed by atoms with E-state index in [4.69, 9.17) is 9.15 Å². The molecule has 6 heteroatoms. The van der Waals surface area contributed by atoms with Gasteiger partial charge in [-0.25, -0.2) is 0 Å². The van der Waals surface area contributed by atoms with Crippen LogP contribution < -0.4 is 0 Å². The Balaban J connectivity index is 2.14. The van der Waals surface area contributed by atoms with Crippen LogP contribution in [0.15, 0.2) is 21.5 Å². The van der Waals surface area contributed by atoms with E-state index in [1.54, 1.807) is 18.2 Å². The van der Waals surface area contributed by atoms with Gasteiger partial charge in [-0.3, -0.25) is 14.5 Å². The van der Waals surface area contributed by atoms with Gasteiger partial charge in [0, 0.05) is 13.2 Å². The van der Waals surface area contributed by atoms with Crippen molar-refractivity contribution in [2.75, 3.05) is 20.3 Å². The molecule has 2 amide bonds. The lowest BCUT2D eigenvalue weighted by Crippen LogP contribution is -2.31. The van der Waals surface area contributed by atoms with Gasteiger partial charge in [0.1, 0.15) is 11.5 Å². The lowest BCUT2D eigenvalue weighted by Gasteiger charge is -2.10. The Hall–Kier alpha value is -1.53. The number of rotatable bonds is 4. The maximum Gasteiger partial charge on any atom is 0.293 e. The number of carbonyl (C=O) groups excluding carboxylic acids is 2. The highest BCUT2D eigenvalue weighted by atomic mass is 32.2. The molecule has 1 aromatic heterocycles. The molecule has 0 N–H and O–H groups in total. The van der Waals surface area contributed by atoms with Crippen LogP contribution in [0.3, 0.4) is 0 Å². The highest BCUT2D eigenvalue weighted by molar-refractivity contribution is 8.18. The highest BCUT2D eigenvalue weighted by Gasteiger charge is 2.34. The number of ether oxygens (including phenoxy) is 1. The normalized spacial score (nSPS) is 18.1. The number of methoxy groups -OCH3 is 1. The summed E-state index contributed by atoms with van der Waals surface area (Å²) < 4.78 is 10.2. The van der Waals surface area contributed by atoms with Gasteiger partial charge in [-0.1, -0.05) is 0 Å². The number of furan rings is 1. The van der Waals surface area contributed by atoms with E-state index in [-0.39, 0.29) is 17.7 Å². The fraction of sp³-hybridized carbons (Fsp3) is 0.333. The van der Waals surface area contributed by atoms with E-state index in [0.29, 0.717) is 17.3 Å². The molecule has 0 saturated carbocycles. The Morgan fingerprint density at radius 3 is 2.83 bits per heavy atom. The van der Waals surface area contributed by atoms with Gasteiger partial charge in [0.2, 0.25) is 0 Å². The van der Waals surface area contributed by atoms with Crippen LogP contribution in [0.2, 0.25) is 0 Å². The lowest BCUT2D eigenvalue weighted by atomic mass is 10.3. The quantitative estimate of drug-likeness (QED) is 0.783. The Kier molecular flexibility index (Phi) is 3.88. The maximum absolute atomic E-state index is 12.0. The average Bonchev–Trinajstić information content (AvgIpc) is 2.84. The molecule has 2 rings (SSSR count). The highest BCUT2D eigenvalue weighted by Crippen LogP contribution is 2.32. The fourth-order valence-electron chi connectivity index (χ4n) is 1.54. The predicted octanol–water partition coefficient (Wildman–Crippen LogP) is 2.27. The monoisotopic (exact) mass is 267 g/mol. The topological polar surface area (TPSA) is 59.8 Å². The number of aryl methyl sites for hydroxylation is 1. The predicted molar refractivity (Wildman–Crippen MR) is 68.0 cm³/mol. The van der Waals surface area contributed by atoms with E-state index < -0.39 is 0 Å². The van der Waals surface area contributed by atoms with Crippen molar-refractivity contribution in [1.82, 2.24) is 4.90 Å². The van der Waals surface area contributed by atoms with Crippen molar-refractivity contribution < 1.29 is 18.7 Å². The molecule has 1 aliphatic rings. The number of thioether (sulfide) groups is 1. The van der Waals surface area contributed by atoms with E-state index in [1.807, 2.05) is 6.92 Å². The lowest BCUT2D eigenvalue weighted by molar-refractivity contribution is -0.123. The zero-order chi connectivity index (χ0) is 13.1. The van der Waals surface area contributed by atoms with Crippen LogP contribution in [-0.2, 0) is 9.53 Å². The first-order chi connectivity index (χ1) is 8.61. The van der Waals surface area contributed by atoms with Gasteiger partial charge in [-0.15, -0.1) is 0 Å². The molecule has 0 radical (unpaired) electrons. The molecule has 96 valence electrons. The van der Waals surface area contributed by atoms with Crippen LogP contribution >= 0.6 is 11.8 Å². The Labute approximate surface area is 109 Å². The average molecular weight is 267 g/mol. The van der Waals surface area contributed by atoms with E-state index in [1.165, 1.54) is 12.0 Å². The van der Waals surface area contributed by atoms with Crippen LogP contribution in [0.25, 0.3) is 6.08 Å². The van der Waals surface area contributed by atoms with Crippen molar-refractivity contribution in [3.05, 3.63) is 28.6 Å². The number of carbonyl (C=O) groups is 2. The summed E-state index contributed by atoms with van der Waals surface area (Å²) in [5.74, 6) is 1.04. The fourth-order valence-corrected chi connectivity index (χ4v) is 2.38. The molecule has 0 aliphatic carbocycles. The number of hydrogen-bond acceptors (Lipinski definition) is 5. The SMILES string of the molecule is COCCN1C(=O)S/C(=C/c2ccc(C)o2)C1=O. The Bertz CT molecular complexity index is 506. The van der Waals surface area contributed by atoms with E-state index in [9.17, 15) is 9.59 Å². The number of imide groups is 1. The molecule has 0 atom stereocenters. The van der Waals surface area contributed by atoms with E-state index >= 15 is 0 Å². The van der Waals surface area contributed by atoms with Crippen molar-refractivity contribution in [2.24, 2.45) is 0 Å². The second kappa shape index (κ2) is 5.41. The van der Waals surface area contributed by atoms with Gasteiger partial charge < -0.3 is 9.15 Å². The third-order valence-corrected chi connectivity index (χ3v) is 3.33. The second-order valence-corrected chi connectivity index (χ2v) is 4.77. The molecular weight excluding hydrogens is 254 g/mol. The minimum atomic E-state index is -0.295. The van der Waals surface area contributed by atoms with Crippen molar-refractivity contribution in [3.63, 3.8) is 0 Å². The molecule has 1 fully saturated rings. The van der Waals surface area contributed by atoms with Gasteiger partial charge in [0.05, 0.1) is 18.1 Å². The number of amides is 2. The number of nitrogens with zero attached hydrogens (tertiary/aromatic N) is 1. The van der Waals surface area contributed by atoms with Crippen molar-refractivity contribution in [3.8, 4) is 0 Å². The summed E-state index contributed by atoms with van der Waals surface area (Å²) in [5.41, 5.74) is 0. The maximum atomic E-state index is 12.0. The summed E-state index contributed by atoms with van der Waals surface area (Å²) in [4.78, 5) is 25.1. The third kappa shape index (κ3) is 2.65. The molecule has 0 unspecified atom stereocenters. The Morgan fingerprint density at radius 1 is 1.44 bits per heavy atom. The minimum Gasteiger partial charge on any atom is -0.462 e. The molecule has 18 heavy (non-hydrogen) atoms. The zero-order valence-electron chi connectivity index (χ0n) is 10.1. The van der Waals surface area contributed by atoms with Gasteiger partial charge in [-0.05, 0) is 30.8 Å². The zero-order valence-corrected chi connectivity index (χ0v) is 11.0. The number of hydrogen-bond donors (Lipinski definition) is 0. The van der Waals surface area contributed by atoms with Gasteiger partial charge in [0.15, 0.2) is 0 Å². The molecular formula is C12H13NO4S. The summed E-state index contributed by atoms with van der Waals surface area (Å²) >= 11 is 0.919. The molecule has 0 spiro atoms. The first-order valence-corrected chi connectivity index (χ1v) is 6.24. The van der Waals surface area contributed by atoms with Crippen LogP contribution in [-0.4, -0.2) is 36.3 Å². The third-order valence-electron chi connectivity index (χ3n) is 2.43. The summed E-state index contributed by atoms with van der Waals surface area (Å²) in [6.45, 7) is 2.43. The first-order valence-electron chi connectivity index (χ1n) is 5.42. The molecule has 2 heterocycles. The van der Waals surface area contributed by atoms with Crippen LogP contribution in [0.5, 0.6) is 0 Å². The van der Waals surface area contributed by atoms with Crippen molar-refractivity contribution in [1.29, 1.82) is 0 Å². The summed E-state index contributed by atoms with van der Waals surface area (Å²) in [7, 11) is 1.53. The van der Waals surface area contributed by atoms with Gasteiger partial charge in [0.25, 0.3) is 11.1 Å². The smallest absolute Gasteiger partial charge is 0.293 e. The van der Waals surface area contributed by atoms with E-state index in [2.05, 4.69) is 0 Å². The summed E-state index contributed by atoms with van der Waals surface area (Å²) in [6, 6.07) is 3.57. The summed E-state index contributed by atoms with van der Waals surface area (Å²) in [5, 5.41) is -0.272. The Morgan fingerprint density at radius 2 is 2.22 bits per heavy atom. The van der Waals surface area contributed by atoms with Crippen LogP contribution in [0.4, 0.5) is 4.79 Å². The first kappa shape index (κ1) is 12.9. The summed E-state index contributed by atoms with van der Waals surface area (Å²) in [6.07, 6.45) is 1.59. The molecule has 1 aliphatic heterocycles. The molecule has 5 nitrogen and oxygen atoms in total. The van der Waals surface area contributed by atoms with Gasteiger partial charge in [-0.2, -0.15) is 0 Å². The molecule has 0 bridgehead atoms. The van der Waals surface area contributed by atoms with Crippen molar-refractivity contribution >= 4 is 29.0 Å². The largest absolute Gasteiger partial charge is 0.462 e. The standard InChI is InChI=1S/C12H13NO4S/c1-8-3-4-9(17-8)7-10-11(14)13(5-6-16-2)12(15)18-10/h3-4,7H,5-6H2,1-2H3/b10-7+. The minimum absolute atomic E-state index is 0.272. The van der Waals surface area contributed by atoms with Crippen LogP contribution in [0, 0.1) is 6.92 Å². The van der Waals surface area contributed by atoms with Gasteiger partial charge >= 0.3 is 0 Å².